The highest BCUT2D eigenvalue weighted by molar-refractivity contribution is 5.76. The van der Waals surface area contributed by atoms with E-state index in [2.05, 4.69) is 15.6 Å². The maximum absolute atomic E-state index is 11.0. The van der Waals surface area contributed by atoms with Gasteiger partial charge in [-0.1, -0.05) is 0 Å². The molecule has 1 unspecified atom stereocenters. The molecule has 0 radical (unpaired) electrons. The van der Waals surface area contributed by atoms with Gasteiger partial charge in [-0.25, -0.2) is 4.98 Å². The van der Waals surface area contributed by atoms with Crippen molar-refractivity contribution in [2.45, 2.75) is 25.4 Å². The molecular weight excluding hydrogens is 216 g/mol. The Morgan fingerprint density at radius 2 is 2.53 bits per heavy atom. The number of pyridine rings is 1. The van der Waals surface area contributed by atoms with E-state index in [4.69, 9.17) is 5.26 Å². The Kier molecular flexibility index (Phi) is 3.68. The van der Waals surface area contributed by atoms with Crippen molar-refractivity contribution in [2.24, 2.45) is 0 Å². The lowest BCUT2D eigenvalue weighted by atomic mass is 10.1. The average Bonchev–Trinajstić information content (AvgIpc) is 2.38. The van der Waals surface area contributed by atoms with Crippen molar-refractivity contribution in [3.63, 3.8) is 0 Å². The Morgan fingerprint density at radius 3 is 3.24 bits per heavy atom. The van der Waals surface area contributed by atoms with Crippen molar-refractivity contribution >= 4 is 5.91 Å². The molecule has 1 aromatic rings. The first-order valence-corrected chi connectivity index (χ1v) is 5.63. The van der Waals surface area contributed by atoms with Gasteiger partial charge in [-0.3, -0.25) is 4.79 Å². The molecule has 1 aliphatic rings. The lowest BCUT2D eigenvalue weighted by Gasteiger charge is -2.23. The molecule has 2 N–H and O–H groups in total. The molecule has 5 nitrogen and oxygen atoms in total. The van der Waals surface area contributed by atoms with Gasteiger partial charge in [-0.2, -0.15) is 5.26 Å². The van der Waals surface area contributed by atoms with Gasteiger partial charge in [0.1, 0.15) is 11.8 Å². The molecule has 1 aliphatic heterocycles. The summed E-state index contributed by atoms with van der Waals surface area (Å²) in [6, 6.07) is 5.98. The predicted molar refractivity (Wildman–Crippen MR) is 61.8 cm³/mol. The number of nitrogens with zero attached hydrogens (tertiary/aromatic N) is 2. The smallest absolute Gasteiger partial charge is 0.220 e. The van der Waals surface area contributed by atoms with E-state index in [0.29, 0.717) is 31.2 Å². The molecule has 0 saturated carbocycles. The molecule has 0 spiro atoms. The van der Waals surface area contributed by atoms with Crippen LogP contribution in [0.25, 0.3) is 0 Å². The molecule has 2 rings (SSSR count). The maximum atomic E-state index is 11.0. The second-order valence-corrected chi connectivity index (χ2v) is 4.08. The lowest BCUT2D eigenvalue weighted by Crippen LogP contribution is -2.45. The number of aromatic nitrogens is 1. The predicted octanol–water partition coefficient (Wildman–Crippen LogP) is 0.321. The minimum Gasteiger partial charge on any atom is -0.355 e. The van der Waals surface area contributed by atoms with Crippen molar-refractivity contribution < 1.29 is 4.79 Å². The number of nitrogens with one attached hydrogen (secondary N) is 2. The normalized spacial score (nSPS) is 19.5. The molecule has 0 aromatic carbocycles. The van der Waals surface area contributed by atoms with Crippen LogP contribution in [-0.4, -0.2) is 23.5 Å². The average molecular weight is 230 g/mol. The van der Waals surface area contributed by atoms with E-state index in [1.807, 2.05) is 12.1 Å². The minimum atomic E-state index is 0.124. The SMILES string of the molecule is N#Cc1cc(CNC2CCC(=O)NC2)ccn1. The van der Waals surface area contributed by atoms with E-state index >= 15 is 0 Å². The molecule has 2 heterocycles. The molecule has 1 atom stereocenters. The zero-order valence-electron chi connectivity index (χ0n) is 9.44. The summed E-state index contributed by atoms with van der Waals surface area (Å²) in [5.74, 6) is 0.124. The Bertz CT molecular complexity index is 442. The van der Waals surface area contributed by atoms with E-state index in [1.165, 1.54) is 0 Å². The summed E-state index contributed by atoms with van der Waals surface area (Å²) in [4.78, 5) is 14.9. The van der Waals surface area contributed by atoms with Crippen LogP contribution in [0, 0.1) is 11.3 Å². The third kappa shape index (κ3) is 3.26. The van der Waals surface area contributed by atoms with Crippen molar-refractivity contribution in [1.29, 1.82) is 5.26 Å². The van der Waals surface area contributed by atoms with Gasteiger partial charge >= 0.3 is 0 Å². The molecule has 1 saturated heterocycles. The summed E-state index contributed by atoms with van der Waals surface area (Å²) < 4.78 is 0. The zero-order chi connectivity index (χ0) is 12.1. The first-order chi connectivity index (χ1) is 8.28. The second-order valence-electron chi connectivity index (χ2n) is 4.08. The number of carbonyl (C=O) groups is 1. The highest BCUT2D eigenvalue weighted by Gasteiger charge is 2.16. The Labute approximate surface area is 99.9 Å². The molecule has 0 bridgehead atoms. The van der Waals surface area contributed by atoms with Gasteiger partial charge in [-0.15, -0.1) is 0 Å². The third-order valence-corrected chi connectivity index (χ3v) is 2.80. The van der Waals surface area contributed by atoms with Crippen LogP contribution in [0.3, 0.4) is 0 Å². The molecular formula is C12H14N4O. The molecule has 1 amide bonds. The number of carbonyl (C=O) groups excluding carboxylic acids is 1. The highest BCUT2D eigenvalue weighted by Crippen LogP contribution is 2.05. The molecule has 0 aliphatic carbocycles. The molecule has 1 fully saturated rings. The van der Waals surface area contributed by atoms with Crippen LogP contribution in [-0.2, 0) is 11.3 Å². The Hall–Kier alpha value is -1.93. The minimum absolute atomic E-state index is 0.124. The number of amides is 1. The highest BCUT2D eigenvalue weighted by atomic mass is 16.1. The van der Waals surface area contributed by atoms with E-state index in [1.54, 1.807) is 12.3 Å². The van der Waals surface area contributed by atoms with Gasteiger partial charge < -0.3 is 10.6 Å². The largest absolute Gasteiger partial charge is 0.355 e. The maximum Gasteiger partial charge on any atom is 0.220 e. The topological polar surface area (TPSA) is 77.8 Å². The number of nitriles is 1. The van der Waals surface area contributed by atoms with E-state index in [-0.39, 0.29) is 5.91 Å². The molecule has 5 heteroatoms. The quantitative estimate of drug-likeness (QED) is 0.784. The van der Waals surface area contributed by atoms with Crippen molar-refractivity contribution in [1.82, 2.24) is 15.6 Å². The number of piperidine rings is 1. The van der Waals surface area contributed by atoms with Crippen LogP contribution in [0.4, 0.5) is 0 Å². The van der Waals surface area contributed by atoms with Crippen molar-refractivity contribution in [2.75, 3.05) is 6.54 Å². The summed E-state index contributed by atoms with van der Waals surface area (Å²) in [5, 5.41) is 14.9. The summed E-state index contributed by atoms with van der Waals surface area (Å²) >= 11 is 0. The fourth-order valence-electron chi connectivity index (χ4n) is 1.81. The van der Waals surface area contributed by atoms with E-state index in [0.717, 1.165) is 12.0 Å². The number of hydrogen-bond donors (Lipinski definition) is 2. The van der Waals surface area contributed by atoms with Crippen LogP contribution in [0.15, 0.2) is 18.3 Å². The fraction of sp³-hybridized carbons (Fsp3) is 0.417. The fourth-order valence-corrected chi connectivity index (χ4v) is 1.81. The summed E-state index contributed by atoms with van der Waals surface area (Å²) in [5.41, 5.74) is 1.47. The zero-order valence-corrected chi connectivity index (χ0v) is 9.44. The van der Waals surface area contributed by atoms with E-state index in [9.17, 15) is 4.79 Å². The summed E-state index contributed by atoms with van der Waals surface area (Å²) in [7, 11) is 0. The molecule has 88 valence electrons. The summed E-state index contributed by atoms with van der Waals surface area (Å²) in [6.45, 7) is 1.37. The molecule has 1 aromatic heterocycles. The molecule has 17 heavy (non-hydrogen) atoms. The van der Waals surface area contributed by atoms with E-state index < -0.39 is 0 Å². The lowest BCUT2D eigenvalue weighted by molar-refractivity contribution is -0.122. The van der Waals surface area contributed by atoms with Crippen molar-refractivity contribution in [3.8, 4) is 6.07 Å². The third-order valence-electron chi connectivity index (χ3n) is 2.80. The van der Waals surface area contributed by atoms with Crippen LogP contribution in [0.2, 0.25) is 0 Å². The van der Waals surface area contributed by atoms with Gasteiger partial charge in [0.25, 0.3) is 0 Å². The Balaban J connectivity index is 1.85. The van der Waals surface area contributed by atoms with Crippen molar-refractivity contribution in [3.05, 3.63) is 29.6 Å². The number of hydrogen-bond acceptors (Lipinski definition) is 4. The van der Waals surface area contributed by atoms with Crippen LogP contribution in [0.1, 0.15) is 24.1 Å². The van der Waals surface area contributed by atoms with Gasteiger partial charge in [-0.05, 0) is 24.1 Å². The standard InChI is InChI=1S/C12H14N4O/c13-6-11-5-9(3-4-14-11)7-15-10-1-2-12(17)16-8-10/h3-5,10,15H,1-2,7-8H2,(H,16,17). The second kappa shape index (κ2) is 5.41. The number of rotatable bonds is 3. The Morgan fingerprint density at radius 1 is 1.65 bits per heavy atom. The van der Waals surface area contributed by atoms with Crippen LogP contribution in [0.5, 0.6) is 0 Å². The summed E-state index contributed by atoms with van der Waals surface area (Å²) in [6.07, 6.45) is 3.08. The first-order valence-electron chi connectivity index (χ1n) is 5.63. The van der Waals surface area contributed by atoms with Gasteiger partial charge in [0.15, 0.2) is 0 Å². The van der Waals surface area contributed by atoms with Gasteiger partial charge in [0, 0.05) is 31.7 Å². The van der Waals surface area contributed by atoms with Crippen LogP contribution >= 0.6 is 0 Å². The monoisotopic (exact) mass is 230 g/mol. The van der Waals surface area contributed by atoms with Crippen LogP contribution < -0.4 is 10.6 Å². The van der Waals surface area contributed by atoms with Gasteiger partial charge in [0.05, 0.1) is 0 Å². The first kappa shape index (κ1) is 11.6. The van der Waals surface area contributed by atoms with Gasteiger partial charge in [0.2, 0.25) is 5.91 Å².